The van der Waals surface area contributed by atoms with Crippen LogP contribution >= 0.6 is 0 Å². The molecule has 3 aliphatic rings. The monoisotopic (exact) mass is 496 g/mol. The Kier molecular flexibility index (Phi) is 5.57. The molecule has 0 spiro atoms. The first-order valence-electron chi connectivity index (χ1n) is 11.9. The highest BCUT2D eigenvalue weighted by Crippen LogP contribution is 2.65. The van der Waals surface area contributed by atoms with E-state index >= 15 is 0 Å². The maximum Gasteiger partial charge on any atom is 0.209 e. The van der Waals surface area contributed by atoms with Crippen LogP contribution in [0.4, 0.5) is 0 Å². The summed E-state index contributed by atoms with van der Waals surface area (Å²) < 4.78 is 0. The number of aromatic hydroxyl groups is 1. The Labute approximate surface area is 209 Å². The van der Waals surface area contributed by atoms with Crippen molar-refractivity contribution in [3.8, 4) is 5.75 Å². The average Bonchev–Trinajstić information content (AvgIpc) is 2.75. The normalized spacial score (nSPS) is 32.4. The number of phenols is 1. The van der Waals surface area contributed by atoms with Crippen LogP contribution in [0.25, 0.3) is 5.57 Å². The zero-order valence-electron chi connectivity index (χ0n) is 21.3. The molecule has 0 aliphatic heterocycles. The molecule has 0 fully saturated rings. The van der Waals surface area contributed by atoms with Gasteiger partial charge < -0.3 is 25.5 Å². The van der Waals surface area contributed by atoms with Gasteiger partial charge in [-0.2, -0.15) is 0 Å². The molecule has 4 rings (SSSR count). The summed E-state index contributed by atoms with van der Waals surface area (Å²) in [5.74, 6) is -5.46. The van der Waals surface area contributed by atoms with Crippen molar-refractivity contribution in [3.63, 3.8) is 0 Å². The number of carbonyl (C=O) groups excluding carboxylic acids is 3. The SMILES string of the molecule is CC(=O)C1=C(O)C(C(C)C)[C@@]2(C)C[C@@]3(C)Cc4c(/C(C)=C\O)ccc(O)c4C(=O)C3=C(O)[C@@]2(O)C1=O. The van der Waals surface area contributed by atoms with Crippen LogP contribution in [-0.2, 0) is 16.0 Å². The number of aliphatic hydroxyl groups excluding tert-OH is 3. The van der Waals surface area contributed by atoms with E-state index in [9.17, 15) is 39.9 Å². The number of phenolic OH excluding ortho intramolecular Hbond substituents is 1. The van der Waals surface area contributed by atoms with Crippen molar-refractivity contribution in [1.29, 1.82) is 0 Å². The summed E-state index contributed by atoms with van der Waals surface area (Å²) in [6.45, 7) is 9.64. The molecule has 36 heavy (non-hydrogen) atoms. The number of ketones is 3. The van der Waals surface area contributed by atoms with Crippen LogP contribution in [0.3, 0.4) is 0 Å². The number of benzene rings is 1. The van der Waals surface area contributed by atoms with E-state index in [2.05, 4.69) is 0 Å². The minimum absolute atomic E-state index is 0.0158. The lowest BCUT2D eigenvalue weighted by molar-refractivity contribution is -0.171. The topological polar surface area (TPSA) is 152 Å². The van der Waals surface area contributed by atoms with E-state index in [1.807, 2.05) is 0 Å². The minimum Gasteiger partial charge on any atom is -0.515 e. The van der Waals surface area contributed by atoms with E-state index in [0.717, 1.165) is 13.2 Å². The first-order valence-corrected chi connectivity index (χ1v) is 11.9. The van der Waals surface area contributed by atoms with Crippen LogP contribution < -0.4 is 0 Å². The van der Waals surface area contributed by atoms with Crippen molar-refractivity contribution in [2.24, 2.45) is 22.7 Å². The van der Waals surface area contributed by atoms with Gasteiger partial charge in [0.1, 0.15) is 22.8 Å². The summed E-state index contributed by atoms with van der Waals surface area (Å²) >= 11 is 0. The number of carbonyl (C=O) groups is 3. The molecule has 8 heteroatoms. The largest absolute Gasteiger partial charge is 0.515 e. The molecule has 4 atom stereocenters. The second kappa shape index (κ2) is 7.80. The van der Waals surface area contributed by atoms with Crippen LogP contribution in [0, 0.1) is 22.7 Å². The van der Waals surface area contributed by atoms with Crippen LogP contribution in [0.5, 0.6) is 5.75 Å². The van der Waals surface area contributed by atoms with Crippen LogP contribution in [0.15, 0.2) is 41.1 Å². The third kappa shape index (κ3) is 2.94. The van der Waals surface area contributed by atoms with Gasteiger partial charge in [-0.05, 0) is 55.4 Å². The maximum absolute atomic E-state index is 13.9. The maximum atomic E-state index is 13.9. The molecule has 3 aliphatic carbocycles. The highest BCUT2D eigenvalue weighted by molar-refractivity contribution is 6.25. The van der Waals surface area contributed by atoms with Crippen molar-refractivity contribution in [2.45, 2.75) is 60.0 Å². The second-order valence-corrected chi connectivity index (χ2v) is 11.3. The summed E-state index contributed by atoms with van der Waals surface area (Å²) in [5, 5.41) is 54.9. The fourth-order valence-corrected chi connectivity index (χ4v) is 7.17. The predicted octanol–water partition coefficient (Wildman–Crippen LogP) is 4.27. The van der Waals surface area contributed by atoms with E-state index in [0.29, 0.717) is 16.7 Å². The Balaban J connectivity index is 2.09. The fraction of sp³-hybridized carbons (Fsp3) is 0.464. The van der Waals surface area contributed by atoms with Gasteiger partial charge in [0.15, 0.2) is 17.2 Å². The van der Waals surface area contributed by atoms with Gasteiger partial charge in [-0.1, -0.05) is 33.8 Å². The molecular weight excluding hydrogens is 464 g/mol. The molecule has 0 radical (unpaired) electrons. The molecule has 8 nitrogen and oxygen atoms in total. The van der Waals surface area contributed by atoms with Crippen molar-refractivity contribution in [1.82, 2.24) is 0 Å². The third-order valence-electron chi connectivity index (χ3n) is 8.51. The smallest absolute Gasteiger partial charge is 0.209 e. The van der Waals surface area contributed by atoms with Gasteiger partial charge in [0.05, 0.1) is 11.8 Å². The Bertz CT molecular complexity index is 1330. The average molecular weight is 497 g/mol. The zero-order valence-corrected chi connectivity index (χ0v) is 21.3. The lowest BCUT2D eigenvalue weighted by Gasteiger charge is -2.59. The predicted molar refractivity (Wildman–Crippen MR) is 132 cm³/mol. The Hall–Kier alpha value is -3.39. The lowest BCUT2D eigenvalue weighted by atomic mass is 9.44. The van der Waals surface area contributed by atoms with Crippen LogP contribution in [-0.4, -0.2) is 48.5 Å². The van der Waals surface area contributed by atoms with E-state index < -0.39 is 56.8 Å². The molecule has 0 heterocycles. The van der Waals surface area contributed by atoms with Crippen molar-refractivity contribution in [2.75, 3.05) is 0 Å². The number of fused-ring (bicyclic) bond motifs is 3. The van der Waals surface area contributed by atoms with Crippen molar-refractivity contribution >= 4 is 22.9 Å². The Morgan fingerprint density at radius 2 is 1.72 bits per heavy atom. The van der Waals surface area contributed by atoms with Gasteiger partial charge in [0, 0.05) is 22.3 Å². The van der Waals surface area contributed by atoms with Gasteiger partial charge in [-0.3, -0.25) is 14.4 Å². The summed E-state index contributed by atoms with van der Waals surface area (Å²) in [6, 6.07) is 2.91. The number of hydrogen-bond donors (Lipinski definition) is 5. The fourth-order valence-electron chi connectivity index (χ4n) is 7.17. The molecule has 0 amide bonds. The molecule has 0 aromatic heterocycles. The highest BCUT2D eigenvalue weighted by Gasteiger charge is 2.71. The molecular formula is C28H32O8. The van der Waals surface area contributed by atoms with Gasteiger partial charge in [-0.15, -0.1) is 0 Å². The summed E-state index contributed by atoms with van der Waals surface area (Å²) in [7, 11) is 0. The molecule has 1 unspecified atom stereocenters. The van der Waals surface area contributed by atoms with Gasteiger partial charge in [0.2, 0.25) is 5.78 Å². The molecule has 1 aromatic rings. The first kappa shape index (κ1) is 25.7. The molecule has 0 bridgehead atoms. The molecule has 0 saturated heterocycles. The van der Waals surface area contributed by atoms with Crippen molar-refractivity contribution < 1.29 is 39.9 Å². The van der Waals surface area contributed by atoms with E-state index in [-0.39, 0.29) is 35.6 Å². The highest BCUT2D eigenvalue weighted by atomic mass is 16.3. The van der Waals surface area contributed by atoms with Crippen molar-refractivity contribution in [3.05, 3.63) is 57.7 Å². The second-order valence-electron chi connectivity index (χ2n) is 11.3. The summed E-state index contributed by atoms with van der Waals surface area (Å²) in [5.41, 5.74) is -4.57. The first-order chi connectivity index (χ1) is 16.6. The zero-order chi connectivity index (χ0) is 27.1. The number of hydrogen-bond acceptors (Lipinski definition) is 8. The number of rotatable bonds is 3. The number of Topliss-reactive ketones (excluding diaryl/α,β-unsaturated/α-hetero) is 3. The quantitative estimate of drug-likeness (QED) is 0.307. The van der Waals surface area contributed by atoms with E-state index in [4.69, 9.17) is 0 Å². The minimum atomic E-state index is -2.63. The lowest BCUT2D eigenvalue weighted by Crippen LogP contribution is -2.67. The molecule has 5 N–H and O–H groups in total. The summed E-state index contributed by atoms with van der Waals surface area (Å²) in [4.78, 5) is 39.9. The van der Waals surface area contributed by atoms with Crippen LogP contribution in [0.1, 0.15) is 69.4 Å². The third-order valence-corrected chi connectivity index (χ3v) is 8.51. The molecule has 1 aromatic carbocycles. The van der Waals surface area contributed by atoms with E-state index in [1.165, 1.54) is 6.07 Å². The van der Waals surface area contributed by atoms with Gasteiger partial charge in [-0.25, -0.2) is 0 Å². The number of allylic oxidation sites excluding steroid dienone is 3. The van der Waals surface area contributed by atoms with Gasteiger partial charge in [0.25, 0.3) is 0 Å². The number of aliphatic hydroxyl groups is 4. The standard InChI is InChI=1S/C28H32O8/c1-12(2)20-22(32)18(14(4)30)24(34)28(36)25(35)21-23(33)19-16(9-26(21,5)11-27(20,28)6)15(13(3)10-29)7-8-17(19)31/h7-8,10,12,20,29,31-32,35-36H,9,11H2,1-6H3/b13-10-/t20?,26-,27-,28+/m1/s1. The van der Waals surface area contributed by atoms with Crippen LogP contribution in [0.2, 0.25) is 0 Å². The Morgan fingerprint density at radius 3 is 2.25 bits per heavy atom. The van der Waals surface area contributed by atoms with E-state index in [1.54, 1.807) is 40.7 Å². The van der Waals surface area contributed by atoms with Gasteiger partial charge >= 0.3 is 0 Å². The Morgan fingerprint density at radius 1 is 1.11 bits per heavy atom. The molecule has 192 valence electrons. The molecule has 0 saturated carbocycles. The summed E-state index contributed by atoms with van der Waals surface area (Å²) in [6.07, 6.45) is 1.07.